The second-order valence-electron chi connectivity index (χ2n) is 3.50. The number of carboxylic acid groups (broad SMARTS) is 1. The van der Waals surface area contributed by atoms with Gasteiger partial charge >= 0.3 is 5.97 Å². The summed E-state index contributed by atoms with van der Waals surface area (Å²) in [4.78, 5) is 14.9. The maximum absolute atomic E-state index is 10.9. The van der Waals surface area contributed by atoms with Gasteiger partial charge < -0.3 is 5.11 Å². The average Bonchev–Trinajstić information content (AvgIpc) is 2.38. The van der Waals surface area contributed by atoms with E-state index in [-0.39, 0.29) is 0 Å². The van der Waals surface area contributed by atoms with Crippen molar-refractivity contribution >= 4 is 11.5 Å². The monoisotopic (exact) mass is 225 g/mol. The highest BCUT2D eigenvalue weighted by Crippen LogP contribution is 2.22. The van der Waals surface area contributed by atoms with E-state index in [2.05, 4.69) is 4.98 Å². The largest absolute Gasteiger partial charge is 0.478 e. The van der Waals surface area contributed by atoms with Crippen LogP contribution in [0.2, 0.25) is 0 Å². The fourth-order valence-electron chi connectivity index (χ4n) is 1.60. The molecule has 84 valence electrons. The minimum absolute atomic E-state index is 0.659. The van der Waals surface area contributed by atoms with E-state index in [1.54, 1.807) is 18.5 Å². The van der Waals surface area contributed by atoms with Crippen LogP contribution < -0.4 is 0 Å². The van der Waals surface area contributed by atoms with Crippen LogP contribution in [-0.4, -0.2) is 16.1 Å². The zero-order valence-electron chi connectivity index (χ0n) is 9.08. The van der Waals surface area contributed by atoms with E-state index in [4.69, 9.17) is 5.11 Å². The zero-order chi connectivity index (χ0) is 12.1. The second-order valence-corrected chi connectivity index (χ2v) is 3.50. The third-order valence-corrected chi connectivity index (χ3v) is 2.33. The van der Waals surface area contributed by atoms with Crippen molar-refractivity contribution in [1.82, 2.24) is 4.98 Å². The van der Waals surface area contributed by atoms with E-state index >= 15 is 0 Å². The molecule has 0 aliphatic heterocycles. The van der Waals surface area contributed by atoms with Crippen LogP contribution in [0.5, 0.6) is 0 Å². The number of hydrogen-bond acceptors (Lipinski definition) is 2. The predicted molar refractivity (Wildman–Crippen MR) is 65.4 cm³/mol. The van der Waals surface area contributed by atoms with Crippen LogP contribution in [0.1, 0.15) is 11.1 Å². The lowest BCUT2D eigenvalue weighted by Gasteiger charge is -2.06. The smallest absolute Gasteiger partial charge is 0.328 e. The highest BCUT2D eigenvalue weighted by molar-refractivity contribution is 5.95. The molecule has 3 nitrogen and oxygen atoms in total. The van der Waals surface area contributed by atoms with Crippen LogP contribution in [0.25, 0.3) is 5.57 Å². The van der Waals surface area contributed by atoms with Crippen molar-refractivity contribution in [3.8, 4) is 0 Å². The Labute approximate surface area is 99.1 Å². The molecule has 0 spiro atoms. The summed E-state index contributed by atoms with van der Waals surface area (Å²) in [7, 11) is 0. The number of nitrogens with zero attached hydrogens (tertiary/aromatic N) is 1. The number of rotatable bonds is 3. The fourth-order valence-corrected chi connectivity index (χ4v) is 1.60. The van der Waals surface area contributed by atoms with Crippen LogP contribution in [0.15, 0.2) is 60.9 Å². The Morgan fingerprint density at radius 2 is 1.76 bits per heavy atom. The Morgan fingerprint density at radius 1 is 1.06 bits per heavy atom. The van der Waals surface area contributed by atoms with Crippen molar-refractivity contribution in [3.63, 3.8) is 0 Å². The van der Waals surface area contributed by atoms with Crippen molar-refractivity contribution in [2.24, 2.45) is 0 Å². The topological polar surface area (TPSA) is 50.2 Å². The number of aromatic nitrogens is 1. The summed E-state index contributed by atoms with van der Waals surface area (Å²) in [6.45, 7) is 0. The molecule has 0 atom stereocenters. The first kappa shape index (κ1) is 11.1. The Bertz CT molecular complexity index is 491. The minimum atomic E-state index is -0.965. The van der Waals surface area contributed by atoms with Gasteiger partial charge in [0.15, 0.2) is 0 Å². The van der Waals surface area contributed by atoms with Gasteiger partial charge in [0, 0.05) is 24.0 Å². The summed E-state index contributed by atoms with van der Waals surface area (Å²) in [5.74, 6) is -0.965. The van der Waals surface area contributed by atoms with Gasteiger partial charge in [0.1, 0.15) is 0 Å². The van der Waals surface area contributed by atoms with E-state index < -0.39 is 5.97 Å². The van der Waals surface area contributed by atoms with E-state index in [9.17, 15) is 4.79 Å². The van der Waals surface area contributed by atoms with Gasteiger partial charge in [0.25, 0.3) is 0 Å². The molecule has 3 heteroatoms. The van der Waals surface area contributed by atoms with Gasteiger partial charge in [-0.1, -0.05) is 36.4 Å². The van der Waals surface area contributed by atoms with Crippen LogP contribution in [0, 0.1) is 0 Å². The third kappa shape index (κ3) is 2.78. The SMILES string of the molecule is O=C(O)/C=C(/c1ccccc1)c1cccnc1. The maximum atomic E-state index is 10.9. The molecule has 1 heterocycles. The highest BCUT2D eigenvalue weighted by atomic mass is 16.4. The van der Waals surface area contributed by atoms with Crippen molar-refractivity contribution < 1.29 is 9.90 Å². The first-order chi connectivity index (χ1) is 8.27. The Balaban J connectivity index is 2.51. The molecule has 1 N–H and O–H groups in total. The summed E-state index contributed by atoms with van der Waals surface area (Å²) in [6, 6.07) is 13.0. The van der Waals surface area contributed by atoms with Crippen LogP contribution in [-0.2, 0) is 4.79 Å². The average molecular weight is 225 g/mol. The molecular weight excluding hydrogens is 214 g/mol. The molecule has 0 aliphatic carbocycles. The summed E-state index contributed by atoms with van der Waals surface area (Å²) in [6.07, 6.45) is 4.51. The molecule has 0 saturated carbocycles. The van der Waals surface area contributed by atoms with Crippen LogP contribution in [0.3, 0.4) is 0 Å². The summed E-state index contributed by atoms with van der Waals surface area (Å²) in [5.41, 5.74) is 2.32. The van der Waals surface area contributed by atoms with Crippen molar-refractivity contribution in [1.29, 1.82) is 0 Å². The molecule has 0 unspecified atom stereocenters. The van der Waals surface area contributed by atoms with Crippen LogP contribution >= 0.6 is 0 Å². The van der Waals surface area contributed by atoms with E-state index in [0.29, 0.717) is 5.57 Å². The van der Waals surface area contributed by atoms with E-state index in [1.807, 2.05) is 36.4 Å². The van der Waals surface area contributed by atoms with E-state index in [1.165, 1.54) is 6.08 Å². The standard InChI is InChI=1S/C14H11NO2/c16-14(17)9-13(11-5-2-1-3-6-11)12-7-4-8-15-10-12/h1-10H,(H,16,17)/b13-9-. The first-order valence-corrected chi connectivity index (χ1v) is 5.18. The molecule has 0 radical (unpaired) electrons. The Morgan fingerprint density at radius 3 is 2.35 bits per heavy atom. The number of carboxylic acids is 1. The number of pyridine rings is 1. The number of benzene rings is 1. The number of hydrogen-bond donors (Lipinski definition) is 1. The molecule has 0 saturated heterocycles. The normalized spacial score (nSPS) is 11.2. The lowest BCUT2D eigenvalue weighted by atomic mass is 9.99. The molecule has 1 aromatic carbocycles. The van der Waals surface area contributed by atoms with Crippen LogP contribution in [0.4, 0.5) is 0 Å². The number of aliphatic carboxylic acids is 1. The highest BCUT2D eigenvalue weighted by Gasteiger charge is 2.06. The Kier molecular flexibility index (Phi) is 3.31. The zero-order valence-corrected chi connectivity index (χ0v) is 9.08. The molecular formula is C14H11NO2. The molecule has 2 aromatic rings. The van der Waals surface area contributed by atoms with Gasteiger partial charge in [-0.05, 0) is 17.2 Å². The lowest BCUT2D eigenvalue weighted by Crippen LogP contribution is -1.94. The maximum Gasteiger partial charge on any atom is 0.328 e. The quantitative estimate of drug-likeness (QED) is 0.817. The fraction of sp³-hybridized carbons (Fsp3) is 0. The van der Waals surface area contributed by atoms with Gasteiger partial charge in [0.05, 0.1) is 0 Å². The first-order valence-electron chi connectivity index (χ1n) is 5.18. The van der Waals surface area contributed by atoms with Gasteiger partial charge in [0.2, 0.25) is 0 Å². The van der Waals surface area contributed by atoms with Crippen molar-refractivity contribution in [2.75, 3.05) is 0 Å². The molecule has 17 heavy (non-hydrogen) atoms. The van der Waals surface area contributed by atoms with Gasteiger partial charge in [-0.15, -0.1) is 0 Å². The summed E-state index contributed by atoms with van der Waals surface area (Å²) < 4.78 is 0. The number of carbonyl (C=O) groups is 1. The van der Waals surface area contributed by atoms with Gasteiger partial charge in [-0.2, -0.15) is 0 Å². The van der Waals surface area contributed by atoms with Crippen molar-refractivity contribution in [3.05, 3.63) is 72.1 Å². The Hall–Kier alpha value is -2.42. The second kappa shape index (κ2) is 5.07. The minimum Gasteiger partial charge on any atom is -0.478 e. The van der Waals surface area contributed by atoms with Gasteiger partial charge in [-0.3, -0.25) is 4.98 Å². The molecule has 2 rings (SSSR count). The molecule has 0 aliphatic rings. The van der Waals surface area contributed by atoms with E-state index in [0.717, 1.165) is 11.1 Å². The molecule has 0 amide bonds. The molecule has 0 fully saturated rings. The molecule has 0 bridgehead atoms. The summed E-state index contributed by atoms with van der Waals surface area (Å²) in [5, 5.41) is 8.91. The third-order valence-electron chi connectivity index (χ3n) is 2.33. The molecule has 1 aromatic heterocycles. The summed E-state index contributed by atoms with van der Waals surface area (Å²) >= 11 is 0. The van der Waals surface area contributed by atoms with Crippen molar-refractivity contribution in [2.45, 2.75) is 0 Å². The van der Waals surface area contributed by atoms with Gasteiger partial charge in [-0.25, -0.2) is 4.79 Å². The lowest BCUT2D eigenvalue weighted by molar-refractivity contribution is -0.131. The predicted octanol–water partition coefficient (Wildman–Crippen LogP) is 2.60.